The number of nitrogens with two attached hydrogens (primary N) is 2. The van der Waals surface area contributed by atoms with Crippen molar-refractivity contribution in [3.8, 4) is 11.4 Å². The van der Waals surface area contributed by atoms with Gasteiger partial charge in [0.05, 0.1) is 11.4 Å². The first-order chi connectivity index (χ1) is 11.8. The number of aromatic amines is 1. The van der Waals surface area contributed by atoms with Crippen LogP contribution in [0, 0.1) is 13.8 Å². The van der Waals surface area contributed by atoms with E-state index in [2.05, 4.69) is 4.98 Å². The first-order valence-electron chi connectivity index (χ1n) is 7.51. The number of anilines is 2. The van der Waals surface area contributed by atoms with Gasteiger partial charge in [0.2, 0.25) is 0 Å². The number of H-pyrrole nitrogens is 1. The lowest BCUT2D eigenvalue weighted by Gasteiger charge is -2.13. The quantitative estimate of drug-likeness (QED) is 0.584. The van der Waals surface area contributed by atoms with Crippen molar-refractivity contribution in [2.75, 3.05) is 11.5 Å². The van der Waals surface area contributed by atoms with E-state index in [9.17, 15) is 14.4 Å². The second-order valence-corrected chi connectivity index (χ2v) is 5.78. The molecule has 25 heavy (non-hydrogen) atoms. The van der Waals surface area contributed by atoms with Crippen molar-refractivity contribution >= 4 is 11.4 Å². The molecule has 0 saturated carbocycles. The highest BCUT2D eigenvalue weighted by Crippen LogP contribution is 2.16. The maximum absolute atomic E-state index is 12.9. The van der Waals surface area contributed by atoms with E-state index in [4.69, 9.17) is 11.5 Å². The lowest BCUT2D eigenvalue weighted by Crippen LogP contribution is -2.48. The van der Waals surface area contributed by atoms with Crippen LogP contribution in [0.1, 0.15) is 11.1 Å². The highest BCUT2D eigenvalue weighted by Gasteiger charge is 2.16. The number of rotatable bonds is 2. The Balaban J connectivity index is 2.39. The van der Waals surface area contributed by atoms with Gasteiger partial charge in [0.25, 0.3) is 0 Å². The molecule has 0 bridgehead atoms. The van der Waals surface area contributed by atoms with E-state index in [1.54, 1.807) is 50.2 Å². The maximum atomic E-state index is 12.9. The van der Waals surface area contributed by atoms with Crippen LogP contribution in [-0.4, -0.2) is 14.1 Å². The van der Waals surface area contributed by atoms with Gasteiger partial charge in [0.1, 0.15) is 0 Å². The first kappa shape index (κ1) is 16.3. The van der Waals surface area contributed by atoms with Gasteiger partial charge in [0.15, 0.2) is 0 Å². The van der Waals surface area contributed by atoms with Gasteiger partial charge in [-0.25, -0.2) is 23.5 Å². The third-order valence-electron chi connectivity index (χ3n) is 3.93. The minimum atomic E-state index is -0.813. The monoisotopic (exact) mass is 339 g/mol. The van der Waals surface area contributed by atoms with Gasteiger partial charge < -0.3 is 11.5 Å². The molecule has 3 aromatic rings. The molecular formula is C17H17N5O3. The van der Waals surface area contributed by atoms with Crippen LogP contribution in [0.15, 0.2) is 50.8 Å². The van der Waals surface area contributed by atoms with E-state index in [0.717, 1.165) is 9.13 Å². The number of nitrogen functional groups attached to an aromatic ring is 2. The highest BCUT2D eigenvalue weighted by atomic mass is 16.2. The van der Waals surface area contributed by atoms with Crippen molar-refractivity contribution in [3.63, 3.8) is 0 Å². The topological polar surface area (TPSA) is 129 Å². The zero-order valence-electron chi connectivity index (χ0n) is 13.7. The molecule has 128 valence electrons. The van der Waals surface area contributed by atoms with Crippen LogP contribution in [0.5, 0.6) is 0 Å². The zero-order valence-corrected chi connectivity index (χ0v) is 13.7. The normalized spacial score (nSPS) is 10.8. The SMILES string of the molecule is Cc1cc(N)ccc1-n1c(=O)[nH]c(=O)n(-c2ccc(N)cc2C)c1=O. The van der Waals surface area contributed by atoms with E-state index in [0.29, 0.717) is 33.9 Å². The number of benzene rings is 2. The van der Waals surface area contributed by atoms with Crippen LogP contribution < -0.4 is 28.5 Å². The molecule has 0 radical (unpaired) electrons. The standard InChI is InChI=1S/C17H17N5O3/c1-9-7-11(18)3-5-13(9)21-15(23)20-16(24)22(17(21)25)14-6-4-12(19)8-10(14)2/h3-8H,18-19H2,1-2H3,(H,20,23,24). The van der Waals surface area contributed by atoms with E-state index in [1.807, 2.05) is 0 Å². The summed E-state index contributed by atoms with van der Waals surface area (Å²) in [6.07, 6.45) is 0. The van der Waals surface area contributed by atoms with Crippen molar-refractivity contribution in [1.82, 2.24) is 14.1 Å². The van der Waals surface area contributed by atoms with Crippen LogP contribution in [-0.2, 0) is 0 Å². The molecule has 1 heterocycles. The molecule has 2 aromatic carbocycles. The second-order valence-electron chi connectivity index (χ2n) is 5.78. The Kier molecular flexibility index (Phi) is 3.80. The molecular weight excluding hydrogens is 322 g/mol. The Morgan fingerprint density at radius 2 is 1.16 bits per heavy atom. The minimum absolute atomic E-state index is 0.349. The van der Waals surface area contributed by atoms with E-state index in [1.165, 1.54) is 0 Å². The minimum Gasteiger partial charge on any atom is -0.399 e. The lowest BCUT2D eigenvalue weighted by molar-refractivity contribution is 0.710. The summed E-state index contributed by atoms with van der Waals surface area (Å²) in [5, 5.41) is 0. The summed E-state index contributed by atoms with van der Waals surface area (Å²) in [5.41, 5.74) is 12.0. The summed E-state index contributed by atoms with van der Waals surface area (Å²) in [6.45, 7) is 3.45. The molecule has 0 aliphatic carbocycles. The predicted octanol–water partition coefficient (Wildman–Crippen LogP) is 0.458. The van der Waals surface area contributed by atoms with Crippen LogP contribution in [0.4, 0.5) is 11.4 Å². The predicted molar refractivity (Wildman–Crippen MR) is 96.6 cm³/mol. The number of aryl methyl sites for hydroxylation is 2. The molecule has 0 saturated heterocycles. The summed E-state index contributed by atoms with van der Waals surface area (Å²) in [7, 11) is 0. The Bertz CT molecular complexity index is 1070. The third-order valence-corrected chi connectivity index (χ3v) is 3.93. The van der Waals surface area contributed by atoms with Crippen LogP contribution >= 0.6 is 0 Å². The number of hydrogen-bond acceptors (Lipinski definition) is 5. The van der Waals surface area contributed by atoms with Crippen molar-refractivity contribution in [3.05, 3.63) is 79.0 Å². The average molecular weight is 339 g/mol. The van der Waals surface area contributed by atoms with Gasteiger partial charge in [-0.3, -0.25) is 4.98 Å². The van der Waals surface area contributed by atoms with Crippen molar-refractivity contribution in [2.24, 2.45) is 0 Å². The summed E-state index contributed by atoms with van der Waals surface area (Å²) in [6, 6.07) is 9.57. The van der Waals surface area contributed by atoms with Gasteiger partial charge in [-0.2, -0.15) is 0 Å². The summed E-state index contributed by atoms with van der Waals surface area (Å²) >= 11 is 0. The Morgan fingerprint density at radius 3 is 1.52 bits per heavy atom. The fourth-order valence-corrected chi connectivity index (χ4v) is 2.76. The molecule has 8 heteroatoms. The van der Waals surface area contributed by atoms with E-state index < -0.39 is 17.1 Å². The molecule has 0 spiro atoms. The maximum Gasteiger partial charge on any atom is 0.345 e. The molecule has 0 aliphatic rings. The van der Waals surface area contributed by atoms with E-state index in [-0.39, 0.29) is 0 Å². The van der Waals surface area contributed by atoms with E-state index >= 15 is 0 Å². The number of hydrogen-bond donors (Lipinski definition) is 3. The molecule has 0 atom stereocenters. The van der Waals surface area contributed by atoms with Crippen LogP contribution in [0.25, 0.3) is 11.4 Å². The van der Waals surface area contributed by atoms with Gasteiger partial charge in [-0.05, 0) is 61.4 Å². The van der Waals surface area contributed by atoms with Gasteiger partial charge in [-0.15, -0.1) is 0 Å². The van der Waals surface area contributed by atoms with Gasteiger partial charge in [0, 0.05) is 11.4 Å². The Hall–Kier alpha value is -3.55. The van der Waals surface area contributed by atoms with Crippen LogP contribution in [0.2, 0.25) is 0 Å². The lowest BCUT2D eigenvalue weighted by atomic mass is 10.1. The van der Waals surface area contributed by atoms with Crippen molar-refractivity contribution < 1.29 is 0 Å². The Morgan fingerprint density at radius 1 is 0.760 bits per heavy atom. The zero-order chi connectivity index (χ0) is 18.3. The second kappa shape index (κ2) is 5.82. The molecule has 5 N–H and O–H groups in total. The largest absolute Gasteiger partial charge is 0.399 e. The Labute approximate surface area is 142 Å². The first-order valence-corrected chi connectivity index (χ1v) is 7.51. The van der Waals surface area contributed by atoms with Crippen molar-refractivity contribution in [2.45, 2.75) is 13.8 Å². The van der Waals surface area contributed by atoms with Crippen LogP contribution in [0.3, 0.4) is 0 Å². The molecule has 0 unspecified atom stereocenters. The molecule has 3 rings (SSSR count). The molecule has 0 amide bonds. The average Bonchev–Trinajstić information content (AvgIpc) is 2.51. The smallest absolute Gasteiger partial charge is 0.345 e. The summed E-state index contributed by atoms with van der Waals surface area (Å²) < 4.78 is 1.82. The number of nitrogens with one attached hydrogen (secondary N) is 1. The summed E-state index contributed by atoms with van der Waals surface area (Å²) in [5.74, 6) is 0. The van der Waals surface area contributed by atoms with Gasteiger partial charge >= 0.3 is 17.1 Å². The highest BCUT2D eigenvalue weighted by molar-refractivity contribution is 5.52. The third kappa shape index (κ3) is 2.74. The summed E-state index contributed by atoms with van der Waals surface area (Å²) in [4.78, 5) is 39.6. The molecule has 0 fully saturated rings. The number of aromatic nitrogens is 3. The van der Waals surface area contributed by atoms with Gasteiger partial charge in [-0.1, -0.05) is 0 Å². The molecule has 0 aliphatic heterocycles. The fraction of sp³-hybridized carbons (Fsp3) is 0.118. The molecule has 8 nitrogen and oxygen atoms in total. The van der Waals surface area contributed by atoms with Crippen molar-refractivity contribution in [1.29, 1.82) is 0 Å². The fourth-order valence-electron chi connectivity index (χ4n) is 2.76. The molecule has 1 aromatic heterocycles. The number of nitrogens with zero attached hydrogens (tertiary/aromatic N) is 2.